The first-order valence-corrected chi connectivity index (χ1v) is 5.88. The van der Waals surface area contributed by atoms with Gasteiger partial charge in [-0.05, 0) is 31.5 Å². The molecule has 0 fully saturated rings. The minimum atomic E-state index is -1.05. The lowest BCUT2D eigenvalue weighted by Crippen LogP contribution is -2.54. The van der Waals surface area contributed by atoms with Crippen molar-refractivity contribution in [1.82, 2.24) is 0 Å². The number of primary amides is 1. The van der Waals surface area contributed by atoms with Gasteiger partial charge in [0.1, 0.15) is 12.3 Å². The van der Waals surface area contributed by atoms with E-state index in [1.807, 2.05) is 0 Å². The normalized spacial score (nSPS) is 16.8. The van der Waals surface area contributed by atoms with Crippen LogP contribution in [0.4, 0.5) is 5.69 Å². The Bertz CT molecular complexity index is 539. The highest BCUT2D eigenvalue weighted by atomic mass is 16.5. The summed E-state index contributed by atoms with van der Waals surface area (Å²) in [5.74, 6) is -0.455. The highest BCUT2D eigenvalue weighted by Gasteiger charge is 2.41. The van der Waals surface area contributed by atoms with Crippen LogP contribution in [0.3, 0.4) is 0 Å². The summed E-state index contributed by atoms with van der Waals surface area (Å²) in [6, 6.07) is 4.99. The zero-order chi connectivity index (χ0) is 14.2. The average molecular weight is 264 g/mol. The molecule has 1 aromatic rings. The second kappa shape index (κ2) is 4.55. The first kappa shape index (κ1) is 13.4. The van der Waals surface area contributed by atoms with E-state index in [-0.39, 0.29) is 19.1 Å². The number of hydrogen-bond donors (Lipinski definition) is 2. The fourth-order valence-corrected chi connectivity index (χ4v) is 2.02. The van der Waals surface area contributed by atoms with E-state index in [1.165, 1.54) is 4.90 Å². The summed E-state index contributed by atoms with van der Waals surface area (Å²) in [4.78, 5) is 24.7. The van der Waals surface area contributed by atoms with Crippen molar-refractivity contribution in [2.75, 3.05) is 11.4 Å². The highest BCUT2D eigenvalue weighted by Crippen LogP contribution is 2.38. The standard InChI is InChI=1S/C13H16N2O4/c1-13(2)12(18)15(6-11(14)17)9-5-8(7-16)3-4-10(9)19-13/h3-5,16H,6-7H2,1-2H3,(H2,14,17). The van der Waals surface area contributed by atoms with Crippen molar-refractivity contribution in [1.29, 1.82) is 0 Å². The van der Waals surface area contributed by atoms with Crippen molar-refractivity contribution in [3.8, 4) is 5.75 Å². The molecule has 0 radical (unpaired) electrons. The predicted molar refractivity (Wildman–Crippen MR) is 68.6 cm³/mol. The molecule has 0 aliphatic carbocycles. The van der Waals surface area contributed by atoms with Gasteiger partial charge >= 0.3 is 0 Å². The molecule has 0 atom stereocenters. The molecule has 1 heterocycles. The van der Waals surface area contributed by atoms with Gasteiger partial charge in [0.05, 0.1) is 12.3 Å². The largest absolute Gasteiger partial charge is 0.476 e. The van der Waals surface area contributed by atoms with E-state index >= 15 is 0 Å². The maximum Gasteiger partial charge on any atom is 0.271 e. The Morgan fingerprint density at radius 3 is 2.74 bits per heavy atom. The molecule has 2 amide bonds. The van der Waals surface area contributed by atoms with Crippen molar-refractivity contribution in [2.24, 2.45) is 5.73 Å². The summed E-state index contributed by atoms with van der Waals surface area (Å²) < 4.78 is 5.62. The van der Waals surface area contributed by atoms with E-state index in [0.29, 0.717) is 17.0 Å². The van der Waals surface area contributed by atoms with E-state index in [2.05, 4.69) is 0 Å². The van der Waals surface area contributed by atoms with Crippen molar-refractivity contribution in [3.05, 3.63) is 23.8 Å². The molecular formula is C13H16N2O4. The van der Waals surface area contributed by atoms with E-state index in [4.69, 9.17) is 15.6 Å². The first-order chi connectivity index (χ1) is 8.85. The summed E-state index contributed by atoms with van der Waals surface area (Å²) in [7, 11) is 0. The van der Waals surface area contributed by atoms with Gasteiger partial charge in [0.2, 0.25) is 5.91 Å². The number of carbonyl (C=O) groups is 2. The monoisotopic (exact) mass is 264 g/mol. The highest BCUT2D eigenvalue weighted by molar-refractivity contribution is 6.05. The van der Waals surface area contributed by atoms with E-state index < -0.39 is 11.5 Å². The number of carbonyl (C=O) groups excluding carboxylic acids is 2. The maximum absolute atomic E-state index is 12.3. The Balaban J connectivity index is 2.52. The number of aliphatic hydroxyl groups excluding tert-OH is 1. The minimum absolute atomic E-state index is 0.157. The molecule has 1 aliphatic rings. The van der Waals surface area contributed by atoms with Gasteiger partial charge in [-0.15, -0.1) is 0 Å². The van der Waals surface area contributed by atoms with E-state index in [0.717, 1.165) is 0 Å². The van der Waals surface area contributed by atoms with Crippen molar-refractivity contribution in [2.45, 2.75) is 26.1 Å². The zero-order valence-corrected chi connectivity index (χ0v) is 10.8. The topological polar surface area (TPSA) is 92.9 Å². The third-order valence-corrected chi connectivity index (χ3v) is 2.94. The quantitative estimate of drug-likeness (QED) is 0.813. The second-order valence-corrected chi connectivity index (χ2v) is 4.93. The van der Waals surface area contributed by atoms with Crippen LogP contribution in [0, 0.1) is 0 Å². The van der Waals surface area contributed by atoms with Crippen LogP contribution >= 0.6 is 0 Å². The summed E-state index contributed by atoms with van der Waals surface area (Å²) in [5, 5.41) is 9.14. The van der Waals surface area contributed by atoms with Gasteiger partial charge in [-0.1, -0.05) is 6.07 Å². The smallest absolute Gasteiger partial charge is 0.271 e. The molecule has 0 saturated heterocycles. The third kappa shape index (κ3) is 2.39. The third-order valence-electron chi connectivity index (χ3n) is 2.94. The van der Waals surface area contributed by atoms with Gasteiger partial charge < -0.3 is 15.6 Å². The predicted octanol–water partition coefficient (Wildman–Crippen LogP) is 0.168. The molecule has 0 saturated carbocycles. The average Bonchev–Trinajstić information content (AvgIpc) is 2.34. The Kier molecular flexibility index (Phi) is 3.20. The molecule has 19 heavy (non-hydrogen) atoms. The van der Waals surface area contributed by atoms with Gasteiger partial charge in [0, 0.05) is 0 Å². The number of nitrogens with zero attached hydrogens (tertiary/aromatic N) is 1. The second-order valence-electron chi connectivity index (χ2n) is 4.93. The molecule has 2 rings (SSSR count). The van der Waals surface area contributed by atoms with Crippen molar-refractivity contribution >= 4 is 17.5 Å². The van der Waals surface area contributed by atoms with Crippen LogP contribution in [0.15, 0.2) is 18.2 Å². The Hall–Kier alpha value is -2.08. The number of nitrogens with two attached hydrogens (primary N) is 1. The fraction of sp³-hybridized carbons (Fsp3) is 0.385. The molecule has 1 aromatic carbocycles. The van der Waals surface area contributed by atoms with Gasteiger partial charge in [-0.2, -0.15) is 0 Å². The van der Waals surface area contributed by atoms with Crippen molar-refractivity contribution in [3.63, 3.8) is 0 Å². The lowest BCUT2D eigenvalue weighted by atomic mass is 10.0. The summed E-state index contributed by atoms with van der Waals surface area (Å²) in [5.41, 5.74) is 5.21. The number of rotatable bonds is 3. The Morgan fingerprint density at radius 1 is 1.47 bits per heavy atom. The molecular weight excluding hydrogens is 248 g/mol. The van der Waals surface area contributed by atoms with E-state index in [9.17, 15) is 9.59 Å². The van der Waals surface area contributed by atoms with Gasteiger partial charge in [-0.3, -0.25) is 14.5 Å². The van der Waals surface area contributed by atoms with Crippen LogP contribution < -0.4 is 15.4 Å². The van der Waals surface area contributed by atoms with Crippen LogP contribution in [0.1, 0.15) is 19.4 Å². The number of benzene rings is 1. The molecule has 0 aromatic heterocycles. The van der Waals surface area contributed by atoms with E-state index in [1.54, 1.807) is 32.0 Å². The summed E-state index contributed by atoms with van der Waals surface area (Å²) in [6.45, 7) is 2.89. The molecule has 102 valence electrons. The first-order valence-electron chi connectivity index (χ1n) is 5.88. The number of hydrogen-bond acceptors (Lipinski definition) is 4. The van der Waals surface area contributed by atoms with Crippen LogP contribution in [0.25, 0.3) is 0 Å². The maximum atomic E-state index is 12.3. The molecule has 1 aliphatic heterocycles. The summed E-state index contributed by atoms with van der Waals surface area (Å²) >= 11 is 0. The minimum Gasteiger partial charge on any atom is -0.476 e. The van der Waals surface area contributed by atoms with Crippen LogP contribution in [0.5, 0.6) is 5.75 Å². The lowest BCUT2D eigenvalue weighted by Gasteiger charge is -2.38. The molecule has 0 unspecified atom stereocenters. The summed E-state index contributed by atoms with van der Waals surface area (Å²) in [6.07, 6.45) is 0. The van der Waals surface area contributed by atoms with Crippen LogP contribution in [0.2, 0.25) is 0 Å². The van der Waals surface area contributed by atoms with Gasteiger partial charge in [0.15, 0.2) is 5.60 Å². The Morgan fingerprint density at radius 2 is 2.16 bits per heavy atom. The number of anilines is 1. The number of aliphatic hydroxyl groups is 1. The molecule has 3 N–H and O–H groups in total. The molecule has 6 nitrogen and oxygen atoms in total. The van der Waals surface area contributed by atoms with Crippen LogP contribution in [-0.4, -0.2) is 29.1 Å². The lowest BCUT2D eigenvalue weighted by molar-refractivity contribution is -0.133. The SMILES string of the molecule is CC1(C)Oc2ccc(CO)cc2N(CC(N)=O)C1=O. The number of fused-ring (bicyclic) bond motifs is 1. The van der Waals surface area contributed by atoms with Crippen molar-refractivity contribution < 1.29 is 19.4 Å². The number of amides is 2. The van der Waals surface area contributed by atoms with Gasteiger partial charge in [0.25, 0.3) is 5.91 Å². The number of ether oxygens (including phenoxy) is 1. The Labute approximate surface area is 110 Å². The fourth-order valence-electron chi connectivity index (χ4n) is 2.02. The zero-order valence-electron chi connectivity index (χ0n) is 10.8. The molecule has 0 spiro atoms. The molecule has 0 bridgehead atoms. The van der Waals surface area contributed by atoms with Crippen LogP contribution in [-0.2, 0) is 16.2 Å². The molecule has 6 heteroatoms. The van der Waals surface area contributed by atoms with Gasteiger partial charge in [-0.25, -0.2) is 0 Å².